The van der Waals surface area contributed by atoms with Crippen molar-refractivity contribution in [2.75, 3.05) is 6.61 Å². The molecule has 0 saturated heterocycles. The van der Waals surface area contributed by atoms with Crippen molar-refractivity contribution < 1.29 is 4.74 Å². The van der Waals surface area contributed by atoms with E-state index >= 15 is 0 Å². The third-order valence-corrected chi connectivity index (χ3v) is 7.84. The van der Waals surface area contributed by atoms with Crippen LogP contribution in [0.3, 0.4) is 0 Å². The van der Waals surface area contributed by atoms with Crippen molar-refractivity contribution in [2.45, 2.75) is 110 Å². The van der Waals surface area contributed by atoms with Crippen LogP contribution in [0.15, 0.2) is 42.7 Å². The molecule has 33 heavy (non-hydrogen) atoms. The van der Waals surface area contributed by atoms with Gasteiger partial charge in [0.1, 0.15) is 5.75 Å². The van der Waals surface area contributed by atoms with Crippen molar-refractivity contribution in [3.63, 3.8) is 0 Å². The summed E-state index contributed by atoms with van der Waals surface area (Å²) in [7, 11) is 0. The van der Waals surface area contributed by atoms with Gasteiger partial charge in [-0.05, 0) is 60.3 Å². The van der Waals surface area contributed by atoms with E-state index in [2.05, 4.69) is 62.3 Å². The fourth-order valence-electron chi connectivity index (χ4n) is 5.60. The van der Waals surface area contributed by atoms with Gasteiger partial charge in [0.25, 0.3) is 0 Å². The standard InChI is InChI=1S/C31H47NO/c1-4-6-8-9-10-11-14-26-17-19-27(20-18-26)25(3)30-24-32-22-21-28(30)29-15-12-13-16-31(29)33-23-7-5-2/h12-13,15-16,21-22,24-27H,4-11,14,17-20,23H2,1-3H3. The maximum Gasteiger partial charge on any atom is 0.127 e. The monoisotopic (exact) mass is 449 g/mol. The fourth-order valence-corrected chi connectivity index (χ4v) is 5.60. The Morgan fingerprint density at radius 3 is 2.36 bits per heavy atom. The van der Waals surface area contributed by atoms with E-state index in [0.29, 0.717) is 5.92 Å². The van der Waals surface area contributed by atoms with E-state index in [0.717, 1.165) is 37.0 Å². The largest absolute Gasteiger partial charge is 0.493 e. The Morgan fingerprint density at radius 2 is 1.58 bits per heavy atom. The lowest BCUT2D eigenvalue weighted by atomic mass is 9.72. The van der Waals surface area contributed by atoms with Gasteiger partial charge < -0.3 is 4.74 Å². The number of ether oxygens (including phenoxy) is 1. The van der Waals surface area contributed by atoms with Gasteiger partial charge in [-0.2, -0.15) is 0 Å². The summed E-state index contributed by atoms with van der Waals surface area (Å²) in [5.41, 5.74) is 3.91. The molecule has 1 heterocycles. The first-order valence-electron chi connectivity index (χ1n) is 13.9. The number of hydrogen-bond donors (Lipinski definition) is 0. The molecule has 2 nitrogen and oxygen atoms in total. The van der Waals surface area contributed by atoms with E-state index in [4.69, 9.17) is 4.74 Å². The highest BCUT2D eigenvalue weighted by molar-refractivity contribution is 5.73. The predicted octanol–water partition coefficient (Wildman–Crippen LogP) is 9.59. The minimum Gasteiger partial charge on any atom is -0.493 e. The molecule has 182 valence electrons. The minimum atomic E-state index is 0.535. The molecule has 0 N–H and O–H groups in total. The molecule has 3 rings (SSSR count). The first-order valence-corrected chi connectivity index (χ1v) is 13.9. The molecule has 2 heteroatoms. The van der Waals surface area contributed by atoms with Crippen LogP contribution in [0.4, 0.5) is 0 Å². The van der Waals surface area contributed by atoms with Gasteiger partial charge in [0, 0.05) is 18.0 Å². The molecule has 1 aromatic carbocycles. The van der Waals surface area contributed by atoms with Crippen LogP contribution in [0, 0.1) is 11.8 Å². The highest BCUT2D eigenvalue weighted by atomic mass is 16.5. The van der Waals surface area contributed by atoms with Crippen LogP contribution >= 0.6 is 0 Å². The molecular weight excluding hydrogens is 402 g/mol. The van der Waals surface area contributed by atoms with Crippen LogP contribution in [0.2, 0.25) is 0 Å². The molecule has 1 aliphatic rings. The van der Waals surface area contributed by atoms with Crippen molar-refractivity contribution >= 4 is 0 Å². The maximum atomic E-state index is 6.17. The summed E-state index contributed by atoms with van der Waals surface area (Å²) >= 11 is 0. The minimum absolute atomic E-state index is 0.535. The van der Waals surface area contributed by atoms with E-state index in [1.54, 1.807) is 0 Å². The van der Waals surface area contributed by atoms with Crippen molar-refractivity contribution in [3.8, 4) is 16.9 Å². The van der Waals surface area contributed by atoms with Crippen LogP contribution in [0.5, 0.6) is 5.75 Å². The molecule has 0 spiro atoms. The van der Waals surface area contributed by atoms with E-state index < -0.39 is 0 Å². The van der Waals surface area contributed by atoms with Gasteiger partial charge in [0.15, 0.2) is 0 Å². The average Bonchev–Trinajstić information content (AvgIpc) is 2.86. The molecule has 1 unspecified atom stereocenters. The van der Waals surface area contributed by atoms with Gasteiger partial charge in [-0.15, -0.1) is 0 Å². The molecular formula is C31H47NO. The molecule has 0 amide bonds. The molecule has 0 radical (unpaired) electrons. The highest BCUT2D eigenvalue weighted by Gasteiger charge is 2.27. The first kappa shape index (κ1) is 25.8. The number of rotatable bonds is 14. The number of unbranched alkanes of at least 4 members (excludes halogenated alkanes) is 6. The van der Waals surface area contributed by atoms with Crippen molar-refractivity contribution in [2.24, 2.45) is 11.8 Å². The number of pyridine rings is 1. The second kappa shape index (κ2) is 14.4. The van der Waals surface area contributed by atoms with Crippen LogP contribution < -0.4 is 4.74 Å². The summed E-state index contributed by atoms with van der Waals surface area (Å²) in [6.45, 7) is 7.72. The molecule has 0 aliphatic heterocycles. The van der Waals surface area contributed by atoms with Gasteiger partial charge in [-0.3, -0.25) is 4.98 Å². The number of benzene rings is 1. The maximum absolute atomic E-state index is 6.17. The van der Waals surface area contributed by atoms with Gasteiger partial charge in [-0.1, -0.05) is 103 Å². The fraction of sp³-hybridized carbons (Fsp3) is 0.645. The van der Waals surface area contributed by atoms with Crippen LogP contribution in [-0.4, -0.2) is 11.6 Å². The second-order valence-corrected chi connectivity index (χ2v) is 10.3. The van der Waals surface area contributed by atoms with E-state index in [1.807, 2.05) is 6.20 Å². The SMILES string of the molecule is CCCCCCCCC1CCC(C(C)c2cnccc2-c2ccccc2OCCCC)CC1. The Morgan fingerprint density at radius 1 is 0.848 bits per heavy atom. The highest BCUT2D eigenvalue weighted by Crippen LogP contribution is 2.43. The zero-order chi connectivity index (χ0) is 23.3. The first-order chi connectivity index (χ1) is 16.2. The molecule has 1 aliphatic carbocycles. The number of nitrogens with zero attached hydrogens (tertiary/aromatic N) is 1. The normalized spacial score (nSPS) is 19.4. The van der Waals surface area contributed by atoms with Gasteiger partial charge >= 0.3 is 0 Å². The van der Waals surface area contributed by atoms with Crippen LogP contribution in [0.25, 0.3) is 11.1 Å². The van der Waals surface area contributed by atoms with E-state index in [-0.39, 0.29) is 0 Å². The smallest absolute Gasteiger partial charge is 0.127 e. The van der Waals surface area contributed by atoms with Crippen molar-refractivity contribution in [3.05, 3.63) is 48.3 Å². The van der Waals surface area contributed by atoms with Crippen LogP contribution in [0.1, 0.15) is 116 Å². The lowest BCUT2D eigenvalue weighted by Gasteiger charge is -2.33. The molecule has 1 saturated carbocycles. The Bertz CT molecular complexity index is 793. The third-order valence-electron chi connectivity index (χ3n) is 7.84. The molecule has 1 fully saturated rings. The Hall–Kier alpha value is -1.83. The number of hydrogen-bond acceptors (Lipinski definition) is 2. The van der Waals surface area contributed by atoms with Crippen molar-refractivity contribution in [1.29, 1.82) is 0 Å². The van der Waals surface area contributed by atoms with E-state index in [1.165, 1.54) is 87.3 Å². The average molecular weight is 450 g/mol. The topological polar surface area (TPSA) is 22.1 Å². The van der Waals surface area contributed by atoms with Crippen LogP contribution in [-0.2, 0) is 0 Å². The van der Waals surface area contributed by atoms with Gasteiger partial charge in [0.2, 0.25) is 0 Å². The Labute approximate surface area is 203 Å². The Kier molecular flexibility index (Phi) is 11.3. The van der Waals surface area contributed by atoms with Crippen molar-refractivity contribution in [1.82, 2.24) is 4.98 Å². The zero-order valence-corrected chi connectivity index (χ0v) is 21.5. The lowest BCUT2D eigenvalue weighted by molar-refractivity contribution is 0.236. The second-order valence-electron chi connectivity index (χ2n) is 10.3. The summed E-state index contributed by atoms with van der Waals surface area (Å²) in [4.78, 5) is 4.54. The molecule has 1 aromatic heterocycles. The van der Waals surface area contributed by atoms with Gasteiger partial charge in [0.05, 0.1) is 6.61 Å². The predicted molar refractivity (Wildman–Crippen MR) is 142 cm³/mol. The summed E-state index contributed by atoms with van der Waals surface area (Å²) in [5, 5.41) is 0. The summed E-state index contributed by atoms with van der Waals surface area (Å²) in [5.74, 6) is 3.27. The quantitative estimate of drug-likeness (QED) is 0.268. The zero-order valence-electron chi connectivity index (χ0n) is 21.5. The molecule has 2 aromatic rings. The summed E-state index contributed by atoms with van der Waals surface area (Å²) in [6.07, 6.45) is 21.8. The number of aromatic nitrogens is 1. The third kappa shape index (κ3) is 7.87. The van der Waals surface area contributed by atoms with Gasteiger partial charge in [-0.25, -0.2) is 0 Å². The number of para-hydroxylation sites is 1. The van der Waals surface area contributed by atoms with E-state index in [9.17, 15) is 0 Å². The molecule has 0 bridgehead atoms. The summed E-state index contributed by atoms with van der Waals surface area (Å²) < 4.78 is 6.17. The Balaban J connectivity index is 1.59. The molecule has 1 atom stereocenters. The summed E-state index contributed by atoms with van der Waals surface area (Å²) in [6, 6.07) is 10.7. The lowest BCUT2D eigenvalue weighted by Crippen LogP contribution is -2.19.